The van der Waals surface area contributed by atoms with E-state index in [9.17, 15) is 0 Å². The Labute approximate surface area is 70.1 Å². The van der Waals surface area contributed by atoms with Crippen LogP contribution in [-0.4, -0.2) is 26.4 Å². The van der Waals surface area contributed by atoms with Crippen LogP contribution >= 0.6 is 0 Å². The van der Waals surface area contributed by atoms with Gasteiger partial charge in [0.25, 0.3) is 0 Å². The van der Waals surface area contributed by atoms with Gasteiger partial charge in [-0.15, -0.1) is 0 Å². The van der Waals surface area contributed by atoms with E-state index in [1.54, 1.807) is 0 Å². The molecule has 0 fully saturated rings. The van der Waals surface area contributed by atoms with Gasteiger partial charge in [0, 0.05) is 25.2 Å². The summed E-state index contributed by atoms with van der Waals surface area (Å²) in [7, 11) is 3.85. The standard InChI is InChI=1S/C9H20N2/c1-5-8(7-10-3)9(6-2)11-4/h7-9,11H,5-6H2,1-4H3/b10-7+. The van der Waals surface area contributed by atoms with Crippen LogP contribution in [0, 0.1) is 5.92 Å². The Morgan fingerprint density at radius 3 is 2.27 bits per heavy atom. The summed E-state index contributed by atoms with van der Waals surface area (Å²) in [4.78, 5) is 4.06. The molecule has 66 valence electrons. The van der Waals surface area contributed by atoms with Crippen molar-refractivity contribution in [3.63, 3.8) is 0 Å². The van der Waals surface area contributed by atoms with Gasteiger partial charge >= 0.3 is 0 Å². The van der Waals surface area contributed by atoms with Gasteiger partial charge in [-0.1, -0.05) is 13.8 Å². The number of hydrogen-bond acceptors (Lipinski definition) is 2. The van der Waals surface area contributed by atoms with E-state index in [1.807, 2.05) is 20.3 Å². The SMILES string of the molecule is CCC(/C=N/C)C(CC)NC. The first-order chi connectivity index (χ1) is 5.29. The third kappa shape index (κ3) is 3.51. The fraction of sp³-hybridized carbons (Fsp3) is 0.889. The number of rotatable bonds is 5. The molecular formula is C9H20N2. The Kier molecular flexibility index (Phi) is 6.13. The summed E-state index contributed by atoms with van der Waals surface area (Å²) in [5.41, 5.74) is 0. The van der Waals surface area contributed by atoms with E-state index in [2.05, 4.69) is 24.2 Å². The molecule has 0 radical (unpaired) electrons. The Morgan fingerprint density at radius 2 is 2.00 bits per heavy atom. The molecule has 0 aliphatic heterocycles. The third-order valence-electron chi connectivity index (χ3n) is 2.14. The molecule has 0 spiro atoms. The molecule has 0 bridgehead atoms. The van der Waals surface area contributed by atoms with Gasteiger partial charge in [0.15, 0.2) is 0 Å². The highest BCUT2D eigenvalue weighted by molar-refractivity contribution is 5.61. The maximum Gasteiger partial charge on any atom is 0.0273 e. The van der Waals surface area contributed by atoms with Crippen LogP contribution in [0.1, 0.15) is 26.7 Å². The van der Waals surface area contributed by atoms with E-state index in [4.69, 9.17) is 0 Å². The monoisotopic (exact) mass is 156 g/mol. The van der Waals surface area contributed by atoms with Crippen molar-refractivity contribution in [1.29, 1.82) is 0 Å². The van der Waals surface area contributed by atoms with Crippen LogP contribution in [0.15, 0.2) is 4.99 Å². The minimum atomic E-state index is 0.587. The van der Waals surface area contributed by atoms with E-state index in [-0.39, 0.29) is 0 Å². The van der Waals surface area contributed by atoms with Gasteiger partial charge in [-0.2, -0.15) is 0 Å². The highest BCUT2D eigenvalue weighted by Gasteiger charge is 2.13. The summed E-state index contributed by atoms with van der Waals surface area (Å²) in [6.07, 6.45) is 4.38. The molecule has 0 aromatic carbocycles. The Bertz CT molecular complexity index is 106. The minimum Gasteiger partial charge on any atom is -0.316 e. The molecule has 0 saturated carbocycles. The van der Waals surface area contributed by atoms with Gasteiger partial charge in [0.05, 0.1) is 0 Å². The molecule has 0 aromatic heterocycles. The maximum atomic E-state index is 4.06. The Hall–Kier alpha value is -0.370. The summed E-state index contributed by atoms with van der Waals surface area (Å²) in [6.45, 7) is 4.40. The minimum absolute atomic E-state index is 0.587. The van der Waals surface area contributed by atoms with Crippen molar-refractivity contribution < 1.29 is 0 Å². The van der Waals surface area contributed by atoms with Crippen molar-refractivity contribution in [3.05, 3.63) is 0 Å². The van der Waals surface area contributed by atoms with Gasteiger partial charge in [-0.3, -0.25) is 0 Å². The summed E-state index contributed by atoms with van der Waals surface area (Å²) in [6, 6.07) is 0.587. The van der Waals surface area contributed by atoms with E-state index in [1.165, 1.54) is 6.42 Å². The molecule has 0 heterocycles. The van der Waals surface area contributed by atoms with Crippen LogP contribution in [-0.2, 0) is 0 Å². The first-order valence-electron chi connectivity index (χ1n) is 4.39. The lowest BCUT2D eigenvalue weighted by Crippen LogP contribution is -2.33. The number of aliphatic imine (C=N–C) groups is 1. The smallest absolute Gasteiger partial charge is 0.0273 e. The van der Waals surface area contributed by atoms with Gasteiger partial charge in [0.1, 0.15) is 0 Å². The zero-order chi connectivity index (χ0) is 8.69. The largest absolute Gasteiger partial charge is 0.316 e. The molecule has 0 saturated heterocycles. The first-order valence-corrected chi connectivity index (χ1v) is 4.39. The average Bonchev–Trinajstić information content (AvgIpc) is 2.05. The molecule has 2 unspecified atom stereocenters. The molecule has 2 atom stereocenters. The third-order valence-corrected chi connectivity index (χ3v) is 2.14. The second-order valence-electron chi connectivity index (χ2n) is 2.78. The predicted molar refractivity (Wildman–Crippen MR) is 51.3 cm³/mol. The van der Waals surface area contributed by atoms with Crippen molar-refractivity contribution >= 4 is 6.21 Å². The van der Waals surface area contributed by atoms with Crippen LogP contribution in [0.4, 0.5) is 0 Å². The summed E-state index contributed by atoms with van der Waals surface area (Å²) in [5, 5.41) is 3.30. The predicted octanol–water partition coefficient (Wildman–Crippen LogP) is 1.71. The summed E-state index contributed by atoms with van der Waals surface area (Å²) in [5.74, 6) is 0.593. The van der Waals surface area contributed by atoms with Crippen molar-refractivity contribution in [2.75, 3.05) is 14.1 Å². The van der Waals surface area contributed by atoms with Crippen molar-refractivity contribution in [2.45, 2.75) is 32.7 Å². The normalized spacial score (nSPS) is 17.1. The van der Waals surface area contributed by atoms with Gasteiger partial charge in [-0.25, -0.2) is 0 Å². The molecule has 2 nitrogen and oxygen atoms in total. The molecule has 0 aliphatic rings. The highest BCUT2D eigenvalue weighted by atomic mass is 14.9. The number of nitrogens with zero attached hydrogens (tertiary/aromatic N) is 1. The van der Waals surface area contributed by atoms with Crippen molar-refractivity contribution in [3.8, 4) is 0 Å². The molecule has 1 N–H and O–H groups in total. The van der Waals surface area contributed by atoms with Crippen LogP contribution < -0.4 is 5.32 Å². The highest BCUT2D eigenvalue weighted by Crippen LogP contribution is 2.08. The average molecular weight is 156 g/mol. The zero-order valence-electron chi connectivity index (χ0n) is 8.09. The van der Waals surface area contributed by atoms with Crippen molar-refractivity contribution in [2.24, 2.45) is 10.9 Å². The number of hydrogen-bond donors (Lipinski definition) is 1. The maximum absolute atomic E-state index is 4.06. The molecule has 0 rings (SSSR count). The first kappa shape index (κ1) is 10.6. The molecular weight excluding hydrogens is 136 g/mol. The Balaban J connectivity index is 3.97. The Morgan fingerprint density at radius 1 is 1.36 bits per heavy atom. The van der Waals surface area contributed by atoms with Crippen LogP contribution in [0.25, 0.3) is 0 Å². The zero-order valence-corrected chi connectivity index (χ0v) is 8.09. The molecule has 0 aliphatic carbocycles. The van der Waals surface area contributed by atoms with Crippen LogP contribution in [0.2, 0.25) is 0 Å². The molecule has 0 amide bonds. The van der Waals surface area contributed by atoms with E-state index >= 15 is 0 Å². The number of nitrogens with one attached hydrogen (secondary N) is 1. The lowest BCUT2D eigenvalue weighted by molar-refractivity contribution is 0.441. The van der Waals surface area contributed by atoms with E-state index in [0.29, 0.717) is 12.0 Å². The van der Waals surface area contributed by atoms with Gasteiger partial charge < -0.3 is 10.3 Å². The van der Waals surface area contributed by atoms with E-state index in [0.717, 1.165) is 6.42 Å². The second-order valence-corrected chi connectivity index (χ2v) is 2.78. The molecule has 0 aromatic rings. The van der Waals surface area contributed by atoms with E-state index < -0.39 is 0 Å². The second kappa shape index (κ2) is 6.35. The van der Waals surface area contributed by atoms with Crippen LogP contribution in [0.5, 0.6) is 0 Å². The summed E-state index contributed by atoms with van der Waals surface area (Å²) < 4.78 is 0. The fourth-order valence-electron chi connectivity index (χ4n) is 1.41. The topological polar surface area (TPSA) is 24.4 Å². The fourth-order valence-corrected chi connectivity index (χ4v) is 1.41. The van der Waals surface area contributed by atoms with Crippen molar-refractivity contribution in [1.82, 2.24) is 5.32 Å². The van der Waals surface area contributed by atoms with Gasteiger partial charge in [0.2, 0.25) is 0 Å². The molecule has 2 heteroatoms. The summed E-state index contributed by atoms with van der Waals surface area (Å²) >= 11 is 0. The lowest BCUT2D eigenvalue weighted by atomic mass is 9.96. The van der Waals surface area contributed by atoms with Crippen LogP contribution in [0.3, 0.4) is 0 Å². The quantitative estimate of drug-likeness (QED) is 0.602. The lowest BCUT2D eigenvalue weighted by Gasteiger charge is -2.20. The molecule has 11 heavy (non-hydrogen) atoms. The van der Waals surface area contributed by atoms with Gasteiger partial charge in [-0.05, 0) is 19.9 Å².